The molecule has 9 heteroatoms. The van der Waals surface area contributed by atoms with Gasteiger partial charge in [-0.1, -0.05) is 0 Å². The molecule has 2 N–H and O–H groups in total. The number of aliphatic hydroxyl groups excluding tert-OH is 1. The van der Waals surface area contributed by atoms with Gasteiger partial charge in [0, 0.05) is 28.2 Å². The standard InChI is InChI=1S/C19H23F3N2O4/c1-9-6-14(12(4)24(9)8-19(20,21)22)15(26)7-28-18(27)17-10(2)16(13(5)25)11(3)23-17/h6,13,23,25H,7-8H2,1-5H3/t13-/m0/s1. The summed E-state index contributed by atoms with van der Waals surface area (Å²) in [6.07, 6.45) is -5.19. The zero-order chi connectivity index (χ0) is 21.4. The molecule has 1 atom stereocenters. The summed E-state index contributed by atoms with van der Waals surface area (Å²) in [6, 6.07) is 1.35. The SMILES string of the molecule is Cc1[nH]c(C(=O)OCC(=O)c2cc(C)n(CC(F)(F)F)c2C)c(C)c1[C@H](C)O. The number of hydrogen-bond donors (Lipinski definition) is 2. The fraction of sp³-hybridized carbons (Fsp3) is 0.474. The lowest BCUT2D eigenvalue weighted by Crippen LogP contribution is -2.20. The van der Waals surface area contributed by atoms with Crippen LogP contribution in [-0.4, -0.2) is 39.2 Å². The molecule has 0 fully saturated rings. The third-order valence-electron chi connectivity index (χ3n) is 4.66. The predicted molar refractivity (Wildman–Crippen MR) is 95.5 cm³/mol. The number of esters is 1. The molecule has 2 aromatic heterocycles. The monoisotopic (exact) mass is 400 g/mol. The molecule has 0 aliphatic rings. The van der Waals surface area contributed by atoms with Crippen molar-refractivity contribution in [3.63, 3.8) is 0 Å². The van der Waals surface area contributed by atoms with Gasteiger partial charge in [-0.2, -0.15) is 13.2 Å². The van der Waals surface area contributed by atoms with E-state index < -0.39 is 37.2 Å². The highest BCUT2D eigenvalue weighted by Crippen LogP contribution is 2.26. The number of aromatic amines is 1. The Morgan fingerprint density at radius 3 is 2.36 bits per heavy atom. The van der Waals surface area contributed by atoms with Gasteiger partial charge in [-0.05, 0) is 46.2 Å². The van der Waals surface area contributed by atoms with E-state index in [-0.39, 0.29) is 17.0 Å². The number of carbonyl (C=O) groups excluding carboxylic acids is 2. The van der Waals surface area contributed by atoms with Crippen LogP contribution in [0.2, 0.25) is 0 Å². The lowest BCUT2D eigenvalue weighted by Gasteiger charge is -2.12. The van der Waals surface area contributed by atoms with Crippen LogP contribution < -0.4 is 0 Å². The van der Waals surface area contributed by atoms with Crippen molar-refractivity contribution in [3.05, 3.63) is 45.5 Å². The number of nitrogens with zero attached hydrogens (tertiary/aromatic N) is 1. The third kappa shape index (κ3) is 4.46. The van der Waals surface area contributed by atoms with Crippen molar-refractivity contribution in [3.8, 4) is 0 Å². The van der Waals surface area contributed by atoms with E-state index in [9.17, 15) is 27.9 Å². The molecule has 0 bridgehead atoms. The highest BCUT2D eigenvalue weighted by molar-refractivity contribution is 6.00. The molecule has 2 heterocycles. The van der Waals surface area contributed by atoms with E-state index in [0.717, 1.165) is 4.57 Å². The first-order valence-electron chi connectivity index (χ1n) is 8.64. The van der Waals surface area contributed by atoms with Crippen LogP contribution >= 0.6 is 0 Å². The van der Waals surface area contributed by atoms with Crippen molar-refractivity contribution >= 4 is 11.8 Å². The fourth-order valence-corrected chi connectivity index (χ4v) is 3.38. The van der Waals surface area contributed by atoms with Crippen molar-refractivity contribution in [1.29, 1.82) is 0 Å². The number of H-pyrrole nitrogens is 1. The molecule has 0 aromatic carbocycles. The first kappa shape index (κ1) is 21.7. The molecule has 6 nitrogen and oxygen atoms in total. The van der Waals surface area contributed by atoms with Crippen LogP contribution in [0.1, 0.15) is 62.1 Å². The zero-order valence-electron chi connectivity index (χ0n) is 16.3. The molecule has 2 aromatic rings. The number of alkyl halides is 3. The smallest absolute Gasteiger partial charge is 0.406 e. The minimum atomic E-state index is -4.41. The highest BCUT2D eigenvalue weighted by Gasteiger charge is 2.30. The minimum Gasteiger partial charge on any atom is -0.453 e. The Kier molecular flexibility index (Phi) is 6.08. The van der Waals surface area contributed by atoms with Crippen LogP contribution in [0.5, 0.6) is 0 Å². The molecule has 0 unspecified atom stereocenters. The average molecular weight is 400 g/mol. The molecular weight excluding hydrogens is 377 g/mol. The lowest BCUT2D eigenvalue weighted by molar-refractivity contribution is -0.141. The molecule has 0 saturated heterocycles. The van der Waals surface area contributed by atoms with E-state index in [4.69, 9.17) is 4.74 Å². The van der Waals surface area contributed by atoms with Gasteiger partial charge < -0.3 is 19.4 Å². The summed E-state index contributed by atoms with van der Waals surface area (Å²) in [5, 5.41) is 9.78. The molecule has 0 aliphatic carbocycles. The van der Waals surface area contributed by atoms with E-state index in [1.807, 2.05) is 0 Å². The van der Waals surface area contributed by atoms with Gasteiger partial charge in [0.05, 0.1) is 6.10 Å². The number of ketones is 1. The second-order valence-corrected chi connectivity index (χ2v) is 6.83. The summed E-state index contributed by atoms with van der Waals surface area (Å²) in [7, 11) is 0. The molecule has 28 heavy (non-hydrogen) atoms. The molecule has 2 rings (SSSR count). The number of nitrogens with one attached hydrogen (secondary N) is 1. The van der Waals surface area contributed by atoms with Gasteiger partial charge in [-0.25, -0.2) is 4.79 Å². The molecule has 0 spiro atoms. The topological polar surface area (TPSA) is 84.3 Å². The van der Waals surface area contributed by atoms with Crippen LogP contribution in [0, 0.1) is 27.7 Å². The van der Waals surface area contributed by atoms with Gasteiger partial charge >= 0.3 is 12.1 Å². The van der Waals surface area contributed by atoms with Crippen LogP contribution in [0.15, 0.2) is 6.07 Å². The second-order valence-electron chi connectivity index (χ2n) is 6.83. The van der Waals surface area contributed by atoms with E-state index in [1.54, 1.807) is 20.8 Å². The number of aryl methyl sites for hydroxylation is 2. The largest absolute Gasteiger partial charge is 0.453 e. The second kappa shape index (κ2) is 7.83. The van der Waals surface area contributed by atoms with Crippen molar-refractivity contribution in [2.75, 3.05) is 6.61 Å². The van der Waals surface area contributed by atoms with Gasteiger partial charge in [-0.15, -0.1) is 0 Å². The predicted octanol–water partition coefficient (Wildman–Crippen LogP) is 3.71. The average Bonchev–Trinajstić information content (AvgIpc) is 3.01. The molecular formula is C19H23F3N2O4. The Bertz CT molecular complexity index is 907. The summed E-state index contributed by atoms with van der Waals surface area (Å²) in [5.74, 6) is -1.36. The van der Waals surface area contributed by atoms with Gasteiger partial charge in [0.15, 0.2) is 6.61 Å². The van der Waals surface area contributed by atoms with Crippen LogP contribution in [0.25, 0.3) is 0 Å². The van der Waals surface area contributed by atoms with Crippen molar-refractivity contribution in [2.24, 2.45) is 0 Å². The Balaban J connectivity index is 2.14. The molecule has 0 aliphatic heterocycles. The first-order chi connectivity index (χ1) is 12.8. The van der Waals surface area contributed by atoms with E-state index in [2.05, 4.69) is 4.98 Å². The van der Waals surface area contributed by atoms with Crippen molar-refractivity contribution in [2.45, 2.75) is 53.4 Å². The zero-order valence-corrected chi connectivity index (χ0v) is 16.3. The first-order valence-corrected chi connectivity index (χ1v) is 8.64. The maximum Gasteiger partial charge on any atom is 0.406 e. The number of halogens is 3. The number of Topliss-reactive ketones (excluding diaryl/α,β-unsaturated/α-hetero) is 1. The molecule has 0 saturated carbocycles. The van der Waals surface area contributed by atoms with Crippen LogP contribution in [0.4, 0.5) is 13.2 Å². The summed E-state index contributed by atoms with van der Waals surface area (Å²) in [5.41, 5.74) is 2.38. The molecule has 0 radical (unpaired) electrons. The van der Waals surface area contributed by atoms with E-state index >= 15 is 0 Å². The number of carbonyl (C=O) groups is 2. The van der Waals surface area contributed by atoms with Gasteiger partial charge in [0.1, 0.15) is 12.2 Å². The minimum absolute atomic E-state index is 0.0820. The summed E-state index contributed by atoms with van der Waals surface area (Å²) in [4.78, 5) is 27.5. The molecule has 154 valence electrons. The maximum absolute atomic E-state index is 12.7. The number of rotatable bonds is 6. The number of ether oxygens (including phenoxy) is 1. The van der Waals surface area contributed by atoms with Gasteiger partial charge in [-0.3, -0.25) is 4.79 Å². The van der Waals surface area contributed by atoms with Crippen molar-refractivity contribution in [1.82, 2.24) is 9.55 Å². The van der Waals surface area contributed by atoms with Gasteiger partial charge in [0.2, 0.25) is 5.78 Å². The van der Waals surface area contributed by atoms with E-state index in [1.165, 1.54) is 19.9 Å². The quantitative estimate of drug-likeness (QED) is 0.572. The Morgan fingerprint density at radius 1 is 1.25 bits per heavy atom. The lowest BCUT2D eigenvalue weighted by atomic mass is 10.1. The number of aliphatic hydroxyl groups is 1. The normalized spacial score (nSPS) is 12.9. The van der Waals surface area contributed by atoms with E-state index in [0.29, 0.717) is 22.5 Å². The van der Waals surface area contributed by atoms with Crippen LogP contribution in [-0.2, 0) is 11.3 Å². The highest BCUT2D eigenvalue weighted by atomic mass is 19.4. The summed E-state index contributed by atoms with van der Waals surface area (Å²) in [6.45, 7) is 6.02. The number of hydrogen-bond acceptors (Lipinski definition) is 4. The third-order valence-corrected chi connectivity index (χ3v) is 4.66. The Labute approximate surface area is 160 Å². The number of aromatic nitrogens is 2. The van der Waals surface area contributed by atoms with Crippen LogP contribution in [0.3, 0.4) is 0 Å². The Hall–Kier alpha value is -2.55. The Morgan fingerprint density at radius 2 is 1.86 bits per heavy atom. The molecule has 0 amide bonds. The fourth-order valence-electron chi connectivity index (χ4n) is 3.38. The maximum atomic E-state index is 12.7. The summed E-state index contributed by atoms with van der Waals surface area (Å²) >= 11 is 0. The van der Waals surface area contributed by atoms with Crippen molar-refractivity contribution < 1.29 is 32.6 Å². The summed E-state index contributed by atoms with van der Waals surface area (Å²) < 4.78 is 44.1. The van der Waals surface area contributed by atoms with Gasteiger partial charge in [0.25, 0.3) is 0 Å².